The number of ether oxygens (including phenoxy) is 1. The molecule has 1 aromatic rings. The number of rotatable bonds is 10. The molecule has 35 heavy (non-hydrogen) atoms. The third-order valence-corrected chi connectivity index (χ3v) is 9.27. The first kappa shape index (κ1) is 25.9. The van der Waals surface area contributed by atoms with Crippen molar-refractivity contribution in [2.45, 2.75) is 57.4 Å². The zero-order valence-corrected chi connectivity index (χ0v) is 22.1. The molecular formula is C27H39N3O4S. The van der Waals surface area contributed by atoms with E-state index in [1.165, 1.54) is 21.7 Å². The number of piperazine rings is 1. The van der Waals surface area contributed by atoms with Gasteiger partial charge in [-0.05, 0) is 79.7 Å². The lowest BCUT2D eigenvalue weighted by Crippen LogP contribution is -2.52. The van der Waals surface area contributed by atoms with E-state index in [2.05, 4.69) is 37.3 Å². The van der Waals surface area contributed by atoms with Gasteiger partial charge in [0.25, 0.3) is 0 Å². The predicted octanol–water partition coefficient (Wildman–Crippen LogP) is 3.48. The third kappa shape index (κ3) is 5.80. The van der Waals surface area contributed by atoms with Crippen LogP contribution in [-0.4, -0.2) is 74.8 Å². The molecule has 2 heterocycles. The largest absolute Gasteiger partial charge is 0.497 e. The Morgan fingerprint density at radius 1 is 1.26 bits per heavy atom. The summed E-state index contributed by atoms with van der Waals surface area (Å²) in [6.07, 6.45) is 14.7. The zero-order chi connectivity index (χ0) is 25.1. The van der Waals surface area contributed by atoms with E-state index in [9.17, 15) is 13.2 Å². The normalized spacial score (nSPS) is 25.6. The van der Waals surface area contributed by atoms with Gasteiger partial charge in [0.1, 0.15) is 5.75 Å². The molecule has 2 aliphatic heterocycles. The highest BCUT2D eigenvalue weighted by Crippen LogP contribution is 2.44. The summed E-state index contributed by atoms with van der Waals surface area (Å²) in [5, 5.41) is 0. The molecule has 3 aliphatic rings. The van der Waals surface area contributed by atoms with Gasteiger partial charge in [-0.1, -0.05) is 25.5 Å². The number of carbonyl (C=O) groups excluding carboxylic acids is 1. The van der Waals surface area contributed by atoms with Crippen molar-refractivity contribution in [3.63, 3.8) is 0 Å². The van der Waals surface area contributed by atoms with Gasteiger partial charge in [0.2, 0.25) is 15.9 Å². The lowest BCUT2D eigenvalue weighted by Gasteiger charge is -2.42. The topological polar surface area (TPSA) is 79.3 Å². The van der Waals surface area contributed by atoms with E-state index < -0.39 is 10.0 Å². The predicted molar refractivity (Wildman–Crippen MR) is 140 cm³/mol. The molecule has 8 heteroatoms. The fraction of sp³-hybridized carbons (Fsp3) is 0.630. The first-order valence-electron chi connectivity index (χ1n) is 12.9. The smallest absolute Gasteiger partial charge is 0.237 e. The fourth-order valence-electron chi connectivity index (χ4n) is 6.22. The van der Waals surface area contributed by atoms with Crippen LogP contribution in [0, 0.1) is 11.8 Å². The summed E-state index contributed by atoms with van der Waals surface area (Å²) in [7, 11) is -1.61. The van der Waals surface area contributed by atoms with Gasteiger partial charge in [-0.15, -0.1) is 0 Å². The molecule has 0 aromatic heterocycles. The lowest BCUT2D eigenvalue weighted by molar-refractivity contribution is -0.134. The van der Waals surface area contributed by atoms with Crippen molar-refractivity contribution in [3.8, 4) is 5.75 Å². The summed E-state index contributed by atoms with van der Waals surface area (Å²) in [6.45, 7) is 3.69. The van der Waals surface area contributed by atoms with Crippen molar-refractivity contribution in [1.29, 1.82) is 0 Å². The highest BCUT2D eigenvalue weighted by atomic mass is 32.2. The number of benzene rings is 1. The molecule has 3 unspecified atom stereocenters. The van der Waals surface area contributed by atoms with Crippen molar-refractivity contribution >= 4 is 22.1 Å². The van der Waals surface area contributed by atoms with Gasteiger partial charge in [-0.3, -0.25) is 9.79 Å². The molecule has 192 valence electrons. The lowest BCUT2D eigenvalue weighted by atomic mass is 9.66. The number of hydrogen-bond donors (Lipinski definition) is 0. The number of methoxy groups -OCH3 is 1. The molecule has 1 aromatic carbocycles. The zero-order valence-electron chi connectivity index (χ0n) is 21.3. The van der Waals surface area contributed by atoms with E-state index in [0.29, 0.717) is 31.5 Å². The van der Waals surface area contributed by atoms with Gasteiger partial charge in [-0.2, -0.15) is 4.31 Å². The first-order chi connectivity index (χ1) is 16.8. The van der Waals surface area contributed by atoms with Gasteiger partial charge in [-0.25, -0.2) is 8.42 Å². The first-order valence-corrected chi connectivity index (χ1v) is 14.7. The number of aliphatic imine (C=N–C) groups is 1. The van der Waals surface area contributed by atoms with E-state index in [1.54, 1.807) is 7.11 Å². The van der Waals surface area contributed by atoms with Crippen LogP contribution in [0.4, 0.5) is 0 Å². The highest BCUT2D eigenvalue weighted by molar-refractivity contribution is 7.88. The minimum atomic E-state index is -3.33. The van der Waals surface area contributed by atoms with E-state index in [1.807, 2.05) is 11.1 Å². The monoisotopic (exact) mass is 501 g/mol. The van der Waals surface area contributed by atoms with Crippen LogP contribution in [0.3, 0.4) is 0 Å². The summed E-state index contributed by atoms with van der Waals surface area (Å²) in [4.78, 5) is 19.5. The summed E-state index contributed by atoms with van der Waals surface area (Å²) in [5.41, 5.74) is 2.63. The molecule has 0 radical (unpaired) electrons. The molecular weight excluding hydrogens is 462 g/mol. The number of amides is 1. The Bertz CT molecular complexity index is 1070. The number of fused-ring (bicyclic) bond motifs is 1. The van der Waals surface area contributed by atoms with Gasteiger partial charge in [0.15, 0.2) is 0 Å². The molecule has 0 bridgehead atoms. The summed E-state index contributed by atoms with van der Waals surface area (Å²) < 4.78 is 30.4. The minimum Gasteiger partial charge on any atom is -0.497 e. The molecule has 1 amide bonds. The number of nitrogens with zero attached hydrogens (tertiary/aromatic N) is 3. The Morgan fingerprint density at radius 3 is 2.74 bits per heavy atom. The van der Waals surface area contributed by atoms with Crippen LogP contribution in [0.25, 0.3) is 0 Å². The third-order valence-electron chi connectivity index (χ3n) is 8.02. The molecule has 4 rings (SSSR count). The SMILES string of the molecule is CCCC1(C(CCCN2CCN(S(C)(=O)=O)CC2=O)C2CCc3ccc(OC)cc3C2)C=CC=N1. The van der Waals surface area contributed by atoms with E-state index in [4.69, 9.17) is 9.73 Å². The van der Waals surface area contributed by atoms with Crippen LogP contribution in [-0.2, 0) is 27.7 Å². The van der Waals surface area contributed by atoms with Crippen LogP contribution in [0.5, 0.6) is 5.75 Å². The number of hydrogen-bond acceptors (Lipinski definition) is 5. The van der Waals surface area contributed by atoms with Gasteiger partial charge < -0.3 is 9.64 Å². The number of sulfonamides is 1. The van der Waals surface area contributed by atoms with Crippen LogP contribution >= 0.6 is 0 Å². The molecule has 7 nitrogen and oxygen atoms in total. The summed E-state index contributed by atoms with van der Waals surface area (Å²) in [5.74, 6) is 1.72. The van der Waals surface area contributed by atoms with Crippen LogP contribution in [0.1, 0.15) is 50.2 Å². The van der Waals surface area contributed by atoms with Gasteiger partial charge in [0, 0.05) is 25.8 Å². The molecule has 0 N–H and O–H groups in total. The van der Waals surface area contributed by atoms with Crippen LogP contribution < -0.4 is 4.74 Å². The molecule has 1 aliphatic carbocycles. The standard InChI is InChI=1S/C27H39N3O4S/c1-4-12-27(13-6-14-28-27)25(22-9-8-21-10-11-24(34-2)19-23(21)18-22)7-5-15-29-16-17-30(20-26(29)31)35(3,32)33/h6,10-11,13-14,19,22,25H,4-5,7-9,12,15-18,20H2,1-3H3. The van der Waals surface area contributed by atoms with E-state index in [0.717, 1.165) is 50.7 Å². The average Bonchev–Trinajstić information content (AvgIpc) is 3.30. The Hall–Kier alpha value is -2.19. The number of aryl methyl sites for hydroxylation is 1. The van der Waals surface area contributed by atoms with Crippen LogP contribution in [0.15, 0.2) is 35.3 Å². The Labute approximate surface area is 210 Å². The molecule has 3 atom stereocenters. The maximum absolute atomic E-state index is 12.6. The van der Waals surface area contributed by atoms with E-state index >= 15 is 0 Å². The van der Waals surface area contributed by atoms with E-state index in [-0.39, 0.29) is 18.0 Å². The summed E-state index contributed by atoms with van der Waals surface area (Å²) >= 11 is 0. The highest BCUT2D eigenvalue weighted by Gasteiger charge is 2.42. The van der Waals surface area contributed by atoms with Crippen molar-refractivity contribution in [1.82, 2.24) is 9.21 Å². The second kappa shape index (κ2) is 10.8. The Morgan fingerprint density at radius 2 is 2.09 bits per heavy atom. The minimum absolute atomic E-state index is 0.0453. The molecule has 0 spiro atoms. The molecule has 1 fully saturated rings. The van der Waals surface area contributed by atoms with Crippen LogP contribution in [0.2, 0.25) is 0 Å². The van der Waals surface area contributed by atoms with Crippen molar-refractivity contribution in [3.05, 3.63) is 41.5 Å². The average molecular weight is 502 g/mol. The molecule has 1 saturated heterocycles. The summed E-state index contributed by atoms with van der Waals surface area (Å²) in [6, 6.07) is 6.45. The second-order valence-corrected chi connectivity index (χ2v) is 12.2. The maximum Gasteiger partial charge on any atom is 0.237 e. The second-order valence-electron chi connectivity index (χ2n) is 10.2. The Kier molecular flexibility index (Phi) is 8.01. The molecule has 0 saturated carbocycles. The van der Waals surface area contributed by atoms with Crippen molar-refractivity contribution < 1.29 is 17.9 Å². The number of carbonyl (C=O) groups is 1. The maximum atomic E-state index is 12.6. The van der Waals surface area contributed by atoms with Gasteiger partial charge >= 0.3 is 0 Å². The van der Waals surface area contributed by atoms with Crippen molar-refractivity contribution in [2.75, 3.05) is 39.5 Å². The quantitative estimate of drug-likeness (QED) is 0.492. The van der Waals surface area contributed by atoms with Crippen molar-refractivity contribution in [2.24, 2.45) is 16.8 Å². The Balaban J connectivity index is 1.47. The van der Waals surface area contributed by atoms with Gasteiger partial charge in [0.05, 0.1) is 25.4 Å². The number of allylic oxidation sites excluding steroid dienone is 1. The fourth-order valence-corrected chi connectivity index (χ4v) is 6.98.